The SMILES string of the molecule is O=S(=O)(Nc1ccc(O[C@H]2O[C@H](CO)[C@@H](O)[C@H](O)[C@H]2O)cc1)c1ccc(C(F)(F)F)cc1. The Balaban J connectivity index is 1.68. The molecule has 0 unspecified atom stereocenters. The number of anilines is 1. The van der Waals surface area contributed by atoms with Gasteiger partial charge in [-0.2, -0.15) is 13.2 Å². The molecule has 0 aromatic heterocycles. The molecule has 1 heterocycles. The van der Waals surface area contributed by atoms with E-state index in [-0.39, 0.29) is 16.3 Å². The average molecular weight is 479 g/mol. The van der Waals surface area contributed by atoms with Crippen LogP contribution in [0.4, 0.5) is 18.9 Å². The molecule has 0 saturated carbocycles. The third-order valence-corrected chi connectivity index (χ3v) is 6.10. The van der Waals surface area contributed by atoms with Gasteiger partial charge in [-0.15, -0.1) is 0 Å². The lowest BCUT2D eigenvalue weighted by Crippen LogP contribution is -2.60. The van der Waals surface area contributed by atoms with E-state index in [2.05, 4.69) is 4.72 Å². The quantitative estimate of drug-likeness (QED) is 0.407. The van der Waals surface area contributed by atoms with Gasteiger partial charge in [-0.05, 0) is 48.5 Å². The predicted molar refractivity (Wildman–Crippen MR) is 103 cm³/mol. The van der Waals surface area contributed by atoms with E-state index in [9.17, 15) is 42.0 Å². The topological polar surface area (TPSA) is 146 Å². The monoisotopic (exact) mass is 479 g/mol. The Kier molecular flexibility index (Phi) is 6.97. The zero-order valence-electron chi connectivity index (χ0n) is 16.2. The minimum atomic E-state index is -4.59. The number of hydrogen-bond acceptors (Lipinski definition) is 8. The van der Waals surface area contributed by atoms with Gasteiger partial charge in [-0.1, -0.05) is 0 Å². The minimum Gasteiger partial charge on any atom is -0.462 e. The van der Waals surface area contributed by atoms with Crippen molar-refractivity contribution in [1.29, 1.82) is 0 Å². The molecule has 32 heavy (non-hydrogen) atoms. The van der Waals surface area contributed by atoms with Gasteiger partial charge in [-0.25, -0.2) is 8.42 Å². The van der Waals surface area contributed by atoms with Crippen molar-refractivity contribution in [3.8, 4) is 5.75 Å². The number of aliphatic hydroxyl groups is 4. The van der Waals surface area contributed by atoms with E-state index in [1.165, 1.54) is 24.3 Å². The van der Waals surface area contributed by atoms with Crippen LogP contribution in [0.1, 0.15) is 5.56 Å². The number of benzene rings is 2. The highest BCUT2D eigenvalue weighted by molar-refractivity contribution is 7.92. The summed E-state index contributed by atoms with van der Waals surface area (Å²) in [5, 5.41) is 38.7. The molecule has 1 aliphatic heterocycles. The van der Waals surface area contributed by atoms with Crippen LogP contribution >= 0.6 is 0 Å². The number of ether oxygens (including phenoxy) is 2. The van der Waals surface area contributed by atoms with Gasteiger partial charge in [-0.3, -0.25) is 4.72 Å². The van der Waals surface area contributed by atoms with Crippen molar-refractivity contribution < 1.29 is 51.5 Å². The van der Waals surface area contributed by atoms with E-state index in [0.29, 0.717) is 12.1 Å². The molecule has 0 radical (unpaired) electrons. The molecule has 0 aliphatic carbocycles. The number of alkyl halides is 3. The third-order valence-electron chi connectivity index (χ3n) is 4.70. The van der Waals surface area contributed by atoms with Gasteiger partial charge in [0.1, 0.15) is 30.2 Å². The largest absolute Gasteiger partial charge is 0.462 e. The summed E-state index contributed by atoms with van der Waals surface area (Å²) < 4.78 is 75.5. The average Bonchev–Trinajstić information content (AvgIpc) is 2.74. The standard InChI is InChI=1S/C19H20F3NO8S/c20-19(21,22)10-1-7-13(8-2-10)32(28,29)23-11-3-5-12(6-4-11)30-18-17(27)16(26)15(25)14(9-24)31-18/h1-8,14-18,23-27H,9H2/t14-,15-,16+,17-,18+/m1/s1. The molecule has 1 fully saturated rings. The van der Waals surface area contributed by atoms with E-state index in [1.54, 1.807) is 0 Å². The summed E-state index contributed by atoms with van der Waals surface area (Å²) in [5.74, 6) is 0.104. The molecule has 0 amide bonds. The van der Waals surface area contributed by atoms with Crippen LogP contribution in [0.2, 0.25) is 0 Å². The lowest BCUT2D eigenvalue weighted by Gasteiger charge is -2.39. The van der Waals surface area contributed by atoms with Gasteiger partial charge in [0.05, 0.1) is 17.1 Å². The van der Waals surface area contributed by atoms with Gasteiger partial charge >= 0.3 is 6.18 Å². The van der Waals surface area contributed by atoms with Crippen LogP contribution in [0, 0.1) is 0 Å². The maximum Gasteiger partial charge on any atom is 0.416 e. The van der Waals surface area contributed by atoms with Crippen LogP contribution < -0.4 is 9.46 Å². The highest BCUT2D eigenvalue weighted by Gasteiger charge is 2.44. The van der Waals surface area contributed by atoms with Crippen LogP contribution in [0.3, 0.4) is 0 Å². The summed E-state index contributed by atoms with van der Waals surface area (Å²) >= 11 is 0. The Labute approximate surface area is 180 Å². The van der Waals surface area contributed by atoms with Crippen LogP contribution in [0.25, 0.3) is 0 Å². The van der Waals surface area contributed by atoms with Gasteiger partial charge in [0.2, 0.25) is 6.29 Å². The first-order valence-electron chi connectivity index (χ1n) is 9.19. The van der Waals surface area contributed by atoms with E-state index in [1.807, 2.05) is 0 Å². The fourth-order valence-corrected chi connectivity index (χ4v) is 4.00. The number of aliphatic hydroxyl groups excluding tert-OH is 4. The van der Waals surface area contributed by atoms with Crippen molar-refractivity contribution in [2.24, 2.45) is 0 Å². The molecule has 3 rings (SSSR count). The van der Waals surface area contributed by atoms with Crippen molar-refractivity contribution in [2.45, 2.75) is 41.8 Å². The first-order valence-corrected chi connectivity index (χ1v) is 10.7. The van der Waals surface area contributed by atoms with Gasteiger partial charge in [0, 0.05) is 5.69 Å². The molecule has 176 valence electrons. The molecule has 9 nitrogen and oxygen atoms in total. The zero-order valence-corrected chi connectivity index (χ0v) is 17.0. The Morgan fingerprint density at radius 3 is 2.06 bits per heavy atom. The Morgan fingerprint density at radius 1 is 0.938 bits per heavy atom. The van der Waals surface area contributed by atoms with E-state index in [4.69, 9.17) is 9.47 Å². The second-order valence-electron chi connectivity index (χ2n) is 6.97. The summed E-state index contributed by atoms with van der Waals surface area (Å²) in [7, 11) is -4.16. The second kappa shape index (κ2) is 9.21. The fourth-order valence-electron chi connectivity index (χ4n) is 2.94. The first kappa shape index (κ1) is 24.2. The minimum absolute atomic E-state index is 0.0750. The maximum atomic E-state index is 12.6. The van der Waals surface area contributed by atoms with Crippen molar-refractivity contribution in [1.82, 2.24) is 0 Å². The van der Waals surface area contributed by atoms with E-state index in [0.717, 1.165) is 12.1 Å². The summed E-state index contributed by atoms with van der Waals surface area (Å²) in [6, 6.07) is 8.20. The van der Waals surface area contributed by atoms with Crippen molar-refractivity contribution >= 4 is 15.7 Å². The Bertz CT molecular complexity index is 1010. The molecular formula is C19H20F3NO8S. The predicted octanol–water partition coefficient (Wildman–Crippen LogP) is 0.685. The van der Waals surface area contributed by atoms with Crippen LogP contribution in [-0.2, 0) is 20.9 Å². The summed E-state index contributed by atoms with van der Waals surface area (Å²) in [5.41, 5.74) is -0.905. The smallest absolute Gasteiger partial charge is 0.416 e. The van der Waals surface area contributed by atoms with E-state index < -0.39 is 59.1 Å². The summed E-state index contributed by atoms with van der Waals surface area (Å²) in [4.78, 5) is -0.368. The number of hydrogen-bond donors (Lipinski definition) is 5. The molecule has 5 atom stereocenters. The van der Waals surface area contributed by atoms with Gasteiger partial charge < -0.3 is 29.9 Å². The summed E-state index contributed by atoms with van der Waals surface area (Å²) in [6.07, 6.45) is -12.0. The number of rotatable bonds is 6. The zero-order chi connectivity index (χ0) is 23.7. The lowest BCUT2D eigenvalue weighted by molar-refractivity contribution is -0.277. The molecule has 2 aromatic rings. The van der Waals surface area contributed by atoms with Crippen LogP contribution in [-0.4, -0.2) is 66.2 Å². The molecule has 13 heteroatoms. The fraction of sp³-hybridized carbons (Fsp3) is 0.368. The van der Waals surface area contributed by atoms with Gasteiger partial charge in [0.25, 0.3) is 10.0 Å². The van der Waals surface area contributed by atoms with Crippen molar-refractivity contribution in [3.63, 3.8) is 0 Å². The Hall–Kier alpha value is -2.42. The molecule has 0 bridgehead atoms. The van der Waals surface area contributed by atoms with Crippen LogP contribution in [0.15, 0.2) is 53.4 Å². The molecule has 5 N–H and O–H groups in total. The number of nitrogens with one attached hydrogen (secondary N) is 1. The lowest BCUT2D eigenvalue weighted by atomic mass is 9.99. The second-order valence-corrected chi connectivity index (χ2v) is 8.65. The van der Waals surface area contributed by atoms with Crippen molar-refractivity contribution in [2.75, 3.05) is 11.3 Å². The van der Waals surface area contributed by atoms with Crippen LogP contribution in [0.5, 0.6) is 5.75 Å². The molecule has 0 spiro atoms. The number of halogens is 3. The summed E-state index contributed by atoms with van der Waals surface area (Å²) in [6.45, 7) is -0.629. The Morgan fingerprint density at radius 2 is 1.53 bits per heavy atom. The highest BCUT2D eigenvalue weighted by atomic mass is 32.2. The van der Waals surface area contributed by atoms with E-state index >= 15 is 0 Å². The highest BCUT2D eigenvalue weighted by Crippen LogP contribution is 2.30. The first-order chi connectivity index (χ1) is 14.9. The third kappa shape index (κ3) is 5.31. The molecule has 1 saturated heterocycles. The van der Waals surface area contributed by atoms with Gasteiger partial charge in [0.15, 0.2) is 0 Å². The molecule has 2 aromatic carbocycles. The maximum absolute atomic E-state index is 12.6. The number of sulfonamides is 1. The normalized spacial score (nSPS) is 26.5. The molecular weight excluding hydrogens is 459 g/mol. The molecule has 1 aliphatic rings. The van der Waals surface area contributed by atoms with Crippen molar-refractivity contribution in [3.05, 3.63) is 54.1 Å².